The predicted octanol–water partition coefficient (Wildman–Crippen LogP) is 5.10. The Morgan fingerprint density at radius 3 is 2.40 bits per heavy atom. The van der Waals surface area contributed by atoms with Gasteiger partial charge >= 0.3 is 0 Å². The fraction of sp³-hybridized carbons (Fsp3) is 0.600. The minimum absolute atomic E-state index is 0.165. The van der Waals surface area contributed by atoms with E-state index in [-0.39, 0.29) is 5.41 Å². The van der Waals surface area contributed by atoms with Gasteiger partial charge in [-0.2, -0.15) is 0 Å². The van der Waals surface area contributed by atoms with E-state index in [4.69, 9.17) is 4.74 Å². The lowest BCUT2D eigenvalue weighted by Gasteiger charge is -2.20. The molecule has 0 bridgehead atoms. The molecule has 0 N–H and O–H groups in total. The quantitative estimate of drug-likeness (QED) is 0.532. The van der Waals surface area contributed by atoms with Crippen LogP contribution < -0.4 is 0 Å². The summed E-state index contributed by atoms with van der Waals surface area (Å²) in [5, 5.41) is 10.1. The summed E-state index contributed by atoms with van der Waals surface area (Å²) in [7, 11) is 1.74. The van der Waals surface area contributed by atoms with E-state index in [2.05, 4.69) is 59.8 Å². The van der Waals surface area contributed by atoms with Crippen LogP contribution in [0.25, 0.3) is 11.4 Å². The van der Waals surface area contributed by atoms with Crippen LogP contribution in [0.2, 0.25) is 0 Å². The largest absolute Gasteiger partial charge is 0.384 e. The molecular formula is C20H29N3OS. The molecule has 0 aliphatic heterocycles. The summed E-state index contributed by atoms with van der Waals surface area (Å²) in [4.78, 5) is 0. The first-order valence-electron chi connectivity index (χ1n) is 9.18. The summed E-state index contributed by atoms with van der Waals surface area (Å²) >= 11 is 1.75. The molecule has 0 saturated heterocycles. The lowest BCUT2D eigenvalue weighted by atomic mass is 9.86. The number of benzene rings is 1. The van der Waals surface area contributed by atoms with Gasteiger partial charge in [-0.15, -0.1) is 10.2 Å². The zero-order valence-corrected chi connectivity index (χ0v) is 16.6. The van der Waals surface area contributed by atoms with Gasteiger partial charge in [0, 0.05) is 24.5 Å². The molecule has 1 aromatic heterocycles. The second-order valence-electron chi connectivity index (χ2n) is 7.78. The maximum absolute atomic E-state index is 5.19. The average Bonchev–Trinajstić information content (AvgIpc) is 3.23. The molecule has 136 valence electrons. The van der Waals surface area contributed by atoms with Crippen molar-refractivity contribution in [1.82, 2.24) is 14.8 Å². The molecule has 2 aromatic rings. The number of thioether (sulfide) groups is 1. The van der Waals surface area contributed by atoms with E-state index in [1.165, 1.54) is 31.2 Å². The minimum atomic E-state index is 0.165. The lowest BCUT2D eigenvalue weighted by molar-refractivity contribution is 0.218. The van der Waals surface area contributed by atoms with Crippen LogP contribution in [-0.2, 0) is 10.2 Å². The van der Waals surface area contributed by atoms with E-state index < -0.39 is 0 Å². The van der Waals surface area contributed by atoms with Gasteiger partial charge in [0.1, 0.15) is 0 Å². The zero-order valence-electron chi connectivity index (χ0n) is 15.8. The minimum Gasteiger partial charge on any atom is -0.384 e. The highest BCUT2D eigenvalue weighted by Gasteiger charge is 2.25. The Bertz CT molecular complexity index is 682. The number of rotatable bonds is 6. The Kier molecular flexibility index (Phi) is 5.85. The summed E-state index contributed by atoms with van der Waals surface area (Å²) in [6.07, 6.45) is 5.05. The van der Waals surface area contributed by atoms with Gasteiger partial charge in [-0.1, -0.05) is 69.6 Å². The summed E-state index contributed by atoms with van der Waals surface area (Å²) < 4.78 is 7.56. The molecule has 0 amide bonds. The summed E-state index contributed by atoms with van der Waals surface area (Å²) in [5.74, 6) is 1.91. The molecule has 1 fully saturated rings. The molecule has 1 aliphatic rings. The fourth-order valence-electron chi connectivity index (χ4n) is 3.40. The van der Waals surface area contributed by atoms with Crippen molar-refractivity contribution in [2.45, 2.75) is 63.1 Å². The molecule has 0 unspecified atom stereocenters. The van der Waals surface area contributed by atoms with Crippen molar-refractivity contribution in [2.24, 2.45) is 0 Å². The second kappa shape index (κ2) is 7.92. The number of hydrogen-bond acceptors (Lipinski definition) is 4. The van der Waals surface area contributed by atoms with Gasteiger partial charge in [0.05, 0.1) is 6.61 Å². The summed E-state index contributed by atoms with van der Waals surface area (Å²) in [5.41, 5.74) is 2.67. The van der Waals surface area contributed by atoms with Crippen LogP contribution in [0.4, 0.5) is 0 Å². The number of ether oxygens (including phenoxy) is 1. The number of hydrogen-bond donors (Lipinski definition) is 0. The van der Waals surface area contributed by atoms with Gasteiger partial charge < -0.3 is 4.74 Å². The Morgan fingerprint density at radius 1 is 1.12 bits per heavy atom. The van der Waals surface area contributed by atoms with Crippen molar-refractivity contribution in [2.75, 3.05) is 19.5 Å². The lowest BCUT2D eigenvalue weighted by Crippen LogP contribution is -2.11. The van der Waals surface area contributed by atoms with Crippen LogP contribution in [0.3, 0.4) is 0 Å². The van der Waals surface area contributed by atoms with Gasteiger partial charge in [0.15, 0.2) is 11.0 Å². The van der Waals surface area contributed by atoms with Gasteiger partial charge in [-0.05, 0) is 23.8 Å². The summed E-state index contributed by atoms with van der Waals surface area (Å²) in [6.45, 7) is 7.46. The fourth-order valence-corrected chi connectivity index (χ4v) is 4.31. The second-order valence-corrected chi connectivity index (χ2v) is 8.85. The molecule has 3 rings (SSSR count). The van der Waals surface area contributed by atoms with Gasteiger partial charge in [-0.3, -0.25) is 4.57 Å². The van der Waals surface area contributed by atoms with E-state index >= 15 is 0 Å². The first kappa shape index (κ1) is 18.5. The average molecular weight is 360 g/mol. The predicted molar refractivity (Wildman–Crippen MR) is 104 cm³/mol. The van der Waals surface area contributed by atoms with Gasteiger partial charge in [0.25, 0.3) is 0 Å². The molecule has 0 atom stereocenters. The van der Waals surface area contributed by atoms with Gasteiger partial charge in [-0.25, -0.2) is 0 Å². The molecule has 5 heteroatoms. The highest BCUT2D eigenvalue weighted by Crippen LogP contribution is 2.37. The van der Waals surface area contributed by atoms with Crippen LogP contribution in [0, 0.1) is 0 Å². The third kappa shape index (κ3) is 4.26. The molecule has 1 heterocycles. The summed E-state index contributed by atoms with van der Waals surface area (Å²) in [6, 6.07) is 9.36. The van der Waals surface area contributed by atoms with E-state index in [0.29, 0.717) is 6.04 Å². The van der Waals surface area contributed by atoms with Crippen molar-refractivity contribution in [1.29, 1.82) is 0 Å². The van der Waals surface area contributed by atoms with Crippen LogP contribution in [0.1, 0.15) is 58.1 Å². The smallest absolute Gasteiger partial charge is 0.191 e. The third-order valence-electron chi connectivity index (χ3n) is 4.88. The van der Waals surface area contributed by atoms with Crippen molar-refractivity contribution in [3.8, 4) is 11.4 Å². The molecule has 1 aliphatic carbocycles. The zero-order chi connectivity index (χ0) is 17.9. The van der Waals surface area contributed by atoms with Crippen molar-refractivity contribution >= 4 is 11.8 Å². The Morgan fingerprint density at radius 2 is 1.80 bits per heavy atom. The highest BCUT2D eigenvalue weighted by molar-refractivity contribution is 7.99. The molecule has 0 spiro atoms. The van der Waals surface area contributed by atoms with E-state index in [9.17, 15) is 0 Å². The molecule has 4 nitrogen and oxygen atoms in total. The van der Waals surface area contributed by atoms with E-state index in [1.54, 1.807) is 18.9 Å². The molecular weight excluding hydrogens is 330 g/mol. The number of nitrogens with zero attached hydrogens (tertiary/aromatic N) is 3. The third-order valence-corrected chi connectivity index (χ3v) is 5.79. The number of aromatic nitrogens is 3. The van der Waals surface area contributed by atoms with Crippen molar-refractivity contribution in [3.63, 3.8) is 0 Å². The van der Waals surface area contributed by atoms with Crippen molar-refractivity contribution < 1.29 is 4.74 Å². The number of methoxy groups -OCH3 is 1. The first-order valence-corrected chi connectivity index (χ1v) is 10.2. The molecule has 1 saturated carbocycles. The maximum Gasteiger partial charge on any atom is 0.191 e. The van der Waals surface area contributed by atoms with Crippen LogP contribution in [0.15, 0.2) is 29.4 Å². The molecule has 1 aromatic carbocycles. The highest BCUT2D eigenvalue weighted by atomic mass is 32.2. The Hall–Kier alpha value is -1.33. The Balaban J connectivity index is 1.92. The molecule has 25 heavy (non-hydrogen) atoms. The Labute approximate surface area is 155 Å². The van der Waals surface area contributed by atoms with Gasteiger partial charge in [0.2, 0.25) is 0 Å². The monoisotopic (exact) mass is 359 g/mol. The van der Waals surface area contributed by atoms with Crippen LogP contribution in [0.5, 0.6) is 0 Å². The SMILES string of the molecule is COCCSc1nnc(-c2ccc(C(C)(C)C)cc2)n1C1CCCC1. The van der Waals surface area contributed by atoms with E-state index in [1.807, 2.05) is 0 Å². The van der Waals surface area contributed by atoms with Crippen LogP contribution >= 0.6 is 11.8 Å². The first-order chi connectivity index (χ1) is 12.0. The normalized spacial score (nSPS) is 15.8. The van der Waals surface area contributed by atoms with E-state index in [0.717, 1.165) is 28.9 Å². The van der Waals surface area contributed by atoms with Crippen molar-refractivity contribution in [3.05, 3.63) is 29.8 Å². The maximum atomic E-state index is 5.19. The topological polar surface area (TPSA) is 39.9 Å². The van der Waals surface area contributed by atoms with Crippen LogP contribution in [-0.4, -0.2) is 34.2 Å². The standard InChI is InChI=1S/C20H29N3OS/c1-20(2,3)16-11-9-15(10-12-16)18-21-22-19(25-14-13-24-4)23(18)17-7-5-6-8-17/h9-12,17H,5-8,13-14H2,1-4H3. The molecule has 0 radical (unpaired) electrons.